The number of nitrogens with zero attached hydrogens (tertiary/aromatic N) is 2. The van der Waals surface area contributed by atoms with Crippen LogP contribution in [-0.2, 0) is 22.4 Å². The molecule has 2 amide bonds. The number of carbonyl (C=O) groups excluding carboxylic acids is 2. The number of rotatable bonds is 6. The van der Waals surface area contributed by atoms with Crippen LogP contribution in [0.2, 0.25) is 0 Å². The SMILES string of the molecule is Cc1nc(SCC(=O)N(C)[C@H]2CCCc3ccccc32)sc1CC(N)=O. The van der Waals surface area contributed by atoms with E-state index in [-0.39, 0.29) is 24.3 Å². The number of amides is 2. The predicted octanol–water partition coefficient (Wildman–Crippen LogP) is 3.11. The second-order valence-electron chi connectivity index (χ2n) is 6.53. The monoisotopic (exact) mass is 389 g/mol. The highest BCUT2D eigenvalue weighted by atomic mass is 32.2. The van der Waals surface area contributed by atoms with Crippen LogP contribution in [0.15, 0.2) is 28.6 Å². The first-order valence-corrected chi connectivity index (χ1v) is 10.5. The van der Waals surface area contributed by atoms with E-state index in [1.165, 1.54) is 34.2 Å². The molecule has 26 heavy (non-hydrogen) atoms. The molecule has 3 rings (SSSR count). The van der Waals surface area contributed by atoms with Gasteiger partial charge in [0.25, 0.3) is 0 Å². The molecule has 0 spiro atoms. The summed E-state index contributed by atoms with van der Waals surface area (Å²) in [5.74, 6) is 0.0825. The number of nitrogens with two attached hydrogens (primary N) is 1. The van der Waals surface area contributed by atoms with Crippen molar-refractivity contribution in [3.8, 4) is 0 Å². The lowest BCUT2D eigenvalue weighted by Gasteiger charge is -2.33. The molecule has 0 radical (unpaired) electrons. The number of aromatic nitrogens is 1. The molecule has 7 heteroatoms. The molecule has 0 aliphatic heterocycles. The third-order valence-electron chi connectivity index (χ3n) is 4.73. The molecule has 5 nitrogen and oxygen atoms in total. The second-order valence-corrected chi connectivity index (χ2v) is 8.84. The van der Waals surface area contributed by atoms with Crippen molar-refractivity contribution in [1.29, 1.82) is 0 Å². The molecule has 2 aromatic rings. The van der Waals surface area contributed by atoms with Crippen LogP contribution < -0.4 is 5.73 Å². The smallest absolute Gasteiger partial charge is 0.233 e. The van der Waals surface area contributed by atoms with Gasteiger partial charge in [0.15, 0.2) is 4.34 Å². The Labute approximate surface area is 162 Å². The lowest BCUT2D eigenvalue weighted by molar-refractivity contribution is -0.129. The van der Waals surface area contributed by atoms with Crippen molar-refractivity contribution in [3.05, 3.63) is 46.0 Å². The number of thioether (sulfide) groups is 1. The summed E-state index contributed by atoms with van der Waals surface area (Å²) in [4.78, 5) is 31.0. The molecule has 0 saturated carbocycles. The van der Waals surface area contributed by atoms with Gasteiger partial charge in [0, 0.05) is 11.9 Å². The van der Waals surface area contributed by atoms with Crippen LogP contribution in [0, 0.1) is 6.92 Å². The maximum absolute atomic E-state index is 12.7. The Balaban J connectivity index is 1.63. The van der Waals surface area contributed by atoms with Gasteiger partial charge in [-0.2, -0.15) is 0 Å². The zero-order chi connectivity index (χ0) is 18.7. The van der Waals surface area contributed by atoms with Crippen LogP contribution in [0.25, 0.3) is 0 Å². The van der Waals surface area contributed by atoms with Gasteiger partial charge in [-0.3, -0.25) is 9.59 Å². The van der Waals surface area contributed by atoms with Crippen molar-refractivity contribution in [2.75, 3.05) is 12.8 Å². The van der Waals surface area contributed by atoms with Gasteiger partial charge in [-0.05, 0) is 37.3 Å². The number of hydrogen-bond acceptors (Lipinski definition) is 5. The first kappa shape index (κ1) is 18.9. The Hall–Kier alpha value is -1.86. The van der Waals surface area contributed by atoms with Crippen LogP contribution in [-0.4, -0.2) is 34.5 Å². The van der Waals surface area contributed by atoms with E-state index in [0.717, 1.165) is 34.2 Å². The summed E-state index contributed by atoms with van der Waals surface area (Å²) >= 11 is 2.87. The van der Waals surface area contributed by atoms with Crippen LogP contribution in [0.3, 0.4) is 0 Å². The van der Waals surface area contributed by atoms with E-state index in [1.54, 1.807) is 0 Å². The van der Waals surface area contributed by atoms with E-state index in [0.29, 0.717) is 5.75 Å². The topological polar surface area (TPSA) is 76.3 Å². The van der Waals surface area contributed by atoms with Gasteiger partial charge >= 0.3 is 0 Å². The average Bonchev–Trinajstić information content (AvgIpc) is 2.97. The van der Waals surface area contributed by atoms with Crippen molar-refractivity contribution >= 4 is 34.9 Å². The van der Waals surface area contributed by atoms with Crippen LogP contribution >= 0.6 is 23.1 Å². The van der Waals surface area contributed by atoms with Gasteiger partial charge < -0.3 is 10.6 Å². The van der Waals surface area contributed by atoms with Crippen molar-refractivity contribution in [2.24, 2.45) is 5.73 Å². The second kappa shape index (κ2) is 8.22. The minimum atomic E-state index is -0.361. The summed E-state index contributed by atoms with van der Waals surface area (Å²) < 4.78 is 0.810. The summed E-state index contributed by atoms with van der Waals surface area (Å²) in [7, 11) is 1.89. The Kier molecular flexibility index (Phi) is 5.98. The number of thiazole rings is 1. The first-order valence-electron chi connectivity index (χ1n) is 8.66. The third-order valence-corrected chi connectivity index (χ3v) is 7.01. The maximum atomic E-state index is 12.7. The van der Waals surface area contributed by atoms with Gasteiger partial charge in [-0.1, -0.05) is 36.0 Å². The highest BCUT2D eigenvalue weighted by molar-refractivity contribution is 8.01. The molecule has 1 atom stereocenters. The van der Waals surface area contributed by atoms with Gasteiger partial charge in [-0.25, -0.2) is 4.98 Å². The molecule has 0 fully saturated rings. The summed E-state index contributed by atoms with van der Waals surface area (Å²) in [6.45, 7) is 1.87. The lowest BCUT2D eigenvalue weighted by Crippen LogP contribution is -2.34. The minimum Gasteiger partial charge on any atom is -0.369 e. The first-order chi connectivity index (χ1) is 12.5. The Morgan fingerprint density at radius 3 is 2.92 bits per heavy atom. The fourth-order valence-corrected chi connectivity index (χ4v) is 5.48. The zero-order valence-electron chi connectivity index (χ0n) is 15.0. The Morgan fingerprint density at radius 2 is 2.15 bits per heavy atom. The summed E-state index contributed by atoms with van der Waals surface area (Å²) in [5, 5.41) is 0. The number of aryl methyl sites for hydroxylation is 2. The minimum absolute atomic E-state index is 0.0982. The predicted molar refractivity (Wildman–Crippen MR) is 105 cm³/mol. The van der Waals surface area contributed by atoms with Gasteiger partial charge in [0.1, 0.15) is 0 Å². The van der Waals surface area contributed by atoms with Gasteiger partial charge in [-0.15, -0.1) is 11.3 Å². The summed E-state index contributed by atoms with van der Waals surface area (Å²) in [6.07, 6.45) is 3.40. The largest absolute Gasteiger partial charge is 0.369 e. The number of fused-ring (bicyclic) bond motifs is 1. The van der Waals surface area contributed by atoms with Crippen LogP contribution in [0.1, 0.15) is 40.6 Å². The normalized spacial score (nSPS) is 16.2. The van der Waals surface area contributed by atoms with E-state index in [9.17, 15) is 9.59 Å². The number of primary amides is 1. The molecule has 1 aromatic heterocycles. The molecule has 0 bridgehead atoms. The van der Waals surface area contributed by atoms with Crippen LogP contribution in [0.4, 0.5) is 0 Å². The molecule has 1 aliphatic rings. The Morgan fingerprint density at radius 1 is 1.38 bits per heavy atom. The van der Waals surface area contributed by atoms with Crippen LogP contribution in [0.5, 0.6) is 0 Å². The zero-order valence-corrected chi connectivity index (χ0v) is 16.7. The van der Waals surface area contributed by atoms with E-state index in [4.69, 9.17) is 5.73 Å². The van der Waals surface area contributed by atoms with Crippen molar-refractivity contribution in [1.82, 2.24) is 9.88 Å². The molecule has 0 saturated heterocycles. The standard InChI is InChI=1S/C19H23N3O2S2/c1-12-16(10-17(20)23)26-19(21-12)25-11-18(24)22(2)15-9-5-7-13-6-3-4-8-14(13)15/h3-4,6,8,15H,5,7,9-11H2,1-2H3,(H2,20,23)/t15-/m0/s1. The lowest BCUT2D eigenvalue weighted by atomic mass is 9.87. The molecule has 1 aliphatic carbocycles. The van der Waals surface area contributed by atoms with E-state index >= 15 is 0 Å². The highest BCUT2D eigenvalue weighted by Gasteiger charge is 2.26. The summed E-state index contributed by atoms with van der Waals surface area (Å²) in [5.41, 5.74) is 8.70. The quantitative estimate of drug-likeness (QED) is 0.770. The molecule has 1 aromatic carbocycles. The molecule has 1 heterocycles. The van der Waals surface area contributed by atoms with Crippen molar-refractivity contribution in [3.63, 3.8) is 0 Å². The Bertz CT molecular complexity index is 819. The molecular weight excluding hydrogens is 366 g/mol. The molecular formula is C19H23N3O2S2. The van der Waals surface area contributed by atoms with Crippen molar-refractivity contribution in [2.45, 2.75) is 43.0 Å². The molecule has 138 valence electrons. The third kappa shape index (κ3) is 4.27. The van der Waals surface area contributed by atoms with Gasteiger partial charge in [0.2, 0.25) is 11.8 Å². The van der Waals surface area contributed by atoms with Crippen molar-refractivity contribution < 1.29 is 9.59 Å². The molecule has 2 N–H and O–H groups in total. The summed E-state index contributed by atoms with van der Waals surface area (Å²) in [6, 6.07) is 8.55. The van der Waals surface area contributed by atoms with E-state index in [2.05, 4.69) is 23.2 Å². The number of benzene rings is 1. The number of hydrogen-bond donors (Lipinski definition) is 1. The van der Waals surface area contributed by atoms with E-state index < -0.39 is 0 Å². The fraction of sp³-hybridized carbons (Fsp3) is 0.421. The maximum Gasteiger partial charge on any atom is 0.233 e. The number of carbonyl (C=O) groups is 2. The average molecular weight is 390 g/mol. The molecule has 0 unspecified atom stereocenters. The fourth-order valence-electron chi connectivity index (χ4n) is 3.32. The van der Waals surface area contributed by atoms with E-state index in [1.807, 2.05) is 24.9 Å². The highest BCUT2D eigenvalue weighted by Crippen LogP contribution is 2.34. The van der Waals surface area contributed by atoms with Gasteiger partial charge in [0.05, 0.1) is 23.9 Å².